The van der Waals surface area contributed by atoms with Crippen LogP contribution in [0.15, 0.2) is 42.6 Å². The smallest absolute Gasteiger partial charge is 0.248 e. The van der Waals surface area contributed by atoms with Crippen molar-refractivity contribution in [3.8, 4) is 17.2 Å². The quantitative estimate of drug-likeness (QED) is 0.653. The molecule has 0 aliphatic rings. The highest BCUT2D eigenvalue weighted by molar-refractivity contribution is 6.31. The van der Waals surface area contributed by atoms with Crippen LogP contribution in [0.1, 0.15) is 5.69 Å². The van der Waals surface area contributed by atoms with E-state index >= 15 is 0 Å². The molecular formula is C19H18ClN3O4. The van der Waals surface area contributed by atoms with Crippen LogP contribution >= 0.6 is 11.6 Å². The number of imidazole rings is 1. The third kappa shape index (κ3) is 3.83. The summed E-state index contributed by atoms with van der Waals surface area (Å²) in [6.07, 6.45) is 4.81. The molecule has 7 nitrogen and oxygen atoms in total. The molecule has 1 N–H and O–H groups in total. The maximum Gasteiger partial charge on any atom is 0.248 e. The SMILES string of the molecule is COc1cc(NC(=O)C=Cc2c(Cl)nc3ccccn23)cc(OC)c1OC. The van der Waals surface area contributed by atoms with Gasteiger partial charge in [0.25, 0.3) is 0 Å². The van der Waals surface area contributed by atoms with Crippen molar-refractivity contribution in [2.75, 3.05) is 26.6 Å². The topological polar surface area (TPSA) is 74.1 Å². The Morgan fingerprint density at radius 1 is 1.15 bits per heavy atom. The molecule has 3 rings (SSSR count). The fourth-order valence-corrected chi connectivity index (χ4v) is 2.87. The molecule has 0 atom stereocenters. The maximum atomic E-state index is 12.3. The number of hydrogen-bond donors (Lipinski definition) is 1. The molecule has 0 spiro atoms. The normalized spacial score (nSPS) is 11.0. The van der Waals surface area contributed by atoms with E-state index in [1.54, 1.807) is 22.6 Å². The van der Waals surface area contributed by atoms with Gasteiger partial charge in [-0.05, 0) is 18.2 Å². The molecule has 1 aromatic carbocycles. The highest BCUT2D eigenvalue weighted by Crippen LogP contribution is 2.39. The molecule has 27 heavy (non-hydrogen) atoms. The van der Waals surface area contributed by atoms with Crippen molar-refractivity contribution in [1.82, 2.24) is 9.38 Å². The lowest BCUT2D eigenvalue weighted by Crippen LogP contribution is -2.08. The number of anilines is 1. The number of hydrogen-bond acceptors (Lipinski definition) is 5. The van der Waals surface area contributed by atoms with Crippen LogP contribution in [0.4, 0.5) is 5.69 Å². The minimum atomic E-state index is -0.341. The summed E-state index contributed by atoms with van der Waals surface area (Å²) < 4.78 is 17.6. The molecule has 0 saturated heterocycles. The second-order valence-corrected chi connectivity index (χ2v) is 5.81. The average Bonchev–Trinajstić information content (AvgIpc) is 3.00. The van der Waals surface area contributed by atoms with Crippen molar-refractivity contribution < 1.29 is 19.0 Å². The summed E-state index contributed by atoms with van der Waals surface area (Å²) >= 11 is 6.16. The van der Waals surface area contributed by atoms with Gasteiger partial charge in [-0.25, -0.2) is 4.98 Å². The number of nitrogens with one attached hydrogen (secondary N) is 1. The van der Waals surface area contributed by atoms with Crippen molar-refractivity contribution in [2.24, 2.45) is 0 Å². The maximum absolute atomic E-state index is 12.3. The van der Waals surface area contributed by atoms with E-state index in [-0.39, 0.29) is 5.91 Å². The Labute approximate surface area is 161 Å². The van der Waals surface area contributed by atoms with Crippen LogP contribution in [-0.4, -0.2) is 36.6 Å². The summed E-state index contributed by atoms with van der Waals surface area (Å²) in [5.74, 6) is 0.999. The summed E-state index contributed by atoms with van der Waals surface area (Å²) in [5, 5.41) is 3.08. The van der Waals surface area contributed by atoms with Gasteiger partial charge in [0, 0.05) is 30.1 Å². The third-order valence-electron chi connectivity index (χ3n) is 3.85. The van der Waals surface area contributed by atoms with Gasteiger partial charge in [-0.15, -0.1) is 0 Å². The molecule has 0 bridgehead atoms. The van der Waals surface area contributed by atoms with E-state index in [1.165, 1.54) is 27.4 Å². The largest absolute Gasteiger partial charge is 0.493 e. The average molecular weight is 388 g/mol. The predicted octanol–water partition coefficient (Wildman–Crippen LogP) is 3.67. The molecule has 3 aromatic rings. The number of carbonyl (C=O) groups excluding carboxylic acids is 1. The fraction of sp³-hybridized carbons (Fsp3) is 0.158. The van der Waals surface area contributed by atoms with Gasteiger partial charge in [-0.3, -0.25) is 9.20 Å². The first kappa shape index (κ1) is 18.6. The lowest BCUT2D eigenvalue weighted by atomic mass is 10.2. The zero-order valence-corrected chi connectivity index (χ0v) is 15.8. The lowest BCUT2D eigenvalue weighted by molar-refractivity contribution is -0.111. The number of aromatic nitrogens is 2. The van der Waals surface area contributed by atoms with Gasteiger partial charge in [0.1, 0.15) is 5.65 Å². The molecule has 0 fully saturated rings. The standard InChI is InChI=1S/C19H18ClN3O4/c1-25-14-10-12(11-15(26-2)18(14)27-3)21-17(24)8-7-13-19(20)22-16-6-4-5-9-23(13)16/h4-11H,1-3H3,(H,21,24). The van der Waals surface area contributed by atoms with E-state index in [0.717, 1.165) is 0 Å². The van der Waals surface area contributed by atoms with Gasteiger partial charge in [0.05, 0.1) is 27.0 Å². The number of benzene rings is 1. The van der Waals surface area contributed by atoms with Crippen LogP contribution < -0.4 is 19.5 Å². The number of rotatable bonds is 6. The van der Waals surface area contributed by atoms with E-state index in [1.807, 2.05) is 24.4 Å². The van der Waals surface area contributed by atoms with Crippen molar-refractivity contribution in [3.05, 3.63) is 53.5 Å². The molecule has 0 saturated carbocycles. The molecular weight excluding hydrogens is 370 g/mol. The Bertz CT molecular complexity index is 988. The minimum Gasteiger partial charge on any atom is -0.493 e. The van der Waals surface area contributed by atoms with Crippen LogP contribution in [-0.2, 0) is 4.79 Å². The van der Waals surface area contributed by atoms with Gasteiger partial charge in [-0.1, -0.05) is 17.7 Å². The Kier molecular flexibility index (Phi) is 5.52. The van der Waals surface area contributed by atoms with Gasteiger partial charge in [0.15, 0.2) is 16.7 Å². The van der Waals surface area contributed by atoms with Crippen molar-refractivity contribution in [2.45, 2.75) is 0 Å². The second kappa shape index (κ2) is 8.01. The zero-order valence-electron chi connectivity index (χ0n) is 15.0. The molecule has 2 heterocycles. The molecule has 140 valence electrons. The zero-order chi connectivity index (χ0) is 19.4. The Morgan fingerprint density at radius 3 is 2.48 bits per heavy atom. The Hall–Kier alpha value is -3.19. The molecule has 2 aromatic heterocycles. The predicted molar refractivity (Wildman–Crippen MR) is 104 cm³/mol. The Morgan fingerprint density at radius 2 is 1.85 bits per heavy atom. The van der Waals surface area contributed by atoms with Crippen LogP contribution in [0.3, 0.4) is 0 Å². The van der Waals surface area contributed by atoms with Crippen molar-refractivity contribution in [1.29, 1.82) is 0 Å². The summed E-state index contributed by atoms with van der Waals surface area (Å²) in [7, 11) is 4.53. The van der Waals surface area contributed by atoms with E-state index in [9.17, 15) is 4.79 Å². The van der Waals surface area contributed by atoms with Gasteiger partial charge < -0.3 is 19.5 Å². The number of pyridine rings is 1. The highest BCUT2D eigenvalue weighted by atomic mass is 35.5. The number of halogens is 1. The van der Waals surface area contributed by atoms with Gasteiger partial charge in [-0.2, -0.15) is 0 Å². The number of amides is 1. The summed E-state index contributed by atoms with van der Waals surface area (Å²) in [5.41, 5.74) is 1.82. The van der Waals surface area contributed by atoms with Crippen LogP contribution in [0.2, 0.25) is 5.15 Å². The fourth-order valence-electron chi connectivity index (χ4n) is 2.63. The van der Waals surface area contributed by atoms with E-state index in [4.69, 9.17) is 25.8 Å². The van der Waals surface area contributed by atoms with E-state index in [2.05, 4.69) is 10.3 Å². The minimum absolute atomic E-state index is 0.318. The first-order valence-corrected chi connectivity index (χ1v) is 8.36. The van der Waals surface area contributed by atoms with Crippen LogP contribution in [0.25, 0.3) is 11.7 Å². The van der Waals surface area contributed by atoms with Gasteiger partial charge in [0.2, 0.25) is 11.7 Å². The number of carbonyl (C=O) groups is 1. The Balaban J connectivity index is 1.83. The van der Waals surface area contributed by atoms with E-state index < -0.39 is 0 Å². The first-order valence-electron chi connectivity index (χ1n) is 7.99. The summed E-state index contributed by atoms with van der Waals surface area (Å²) in [4.78, 5) is 16.6. The first-order chi connectivity index (χ1) is 13.1. The molecule has 0 aliphatic carbocycles. The molecule has 8 heteroatoms. The molecule has 0 radical (unpaired) electrons. The van der Waals surface area contributed by atoms with Crippen molar-refractivity contribution in [3.63, 3.8) is 0 Å². The highest BCUT2D eigenvalue weighted by Gasteiger charge is 2.14. The van der Waals surface area contributed by atoms with Crippen LogP contribution in [0, 0.1) is 0 Å². The van der Waals surface area contributed by atoms with Crippen LogP contribution in [0.5, 0.6) is 17.2 Å². The summed E-state index contributed by atoms with van der Waals surface area (Å²) in [6, 6.07) is 8.85. The number of ether oxygens (including phenoxy) is 3. The van der Waals surface area contributed by atoms with E-state index in [0.29, 0.717) is 39.4 Å². The molecule has 1 amide bonds. The number of methoxy groups -OCH3 is 3. The van der Waals surface area contributed by atoms with Gasteiger partial charge >= 0.3 is 0 Å². The third-order valence-corrected chi connectivity index (χ3v) is 4.12. The monoisotopic (exact) mass is 387 g/mol. The number of fused-ring (bicyclic) bond motifs is 1. The summed E-state index contributed by atoms with van der Waals surface area (Å²) in [6.45, 7) is 0. The lowest BCUT2D eigenvalue weighted by Gasteiger charge is -2.14. The second-order valence-electron chi connectivity index (χ2n) is 5.45. The molecule has 0 unspecified atom stereocenters. The van der Waals surface area contributed by atoms with Crippen molar-refractivity contribution >= 4 is 34.9 Å². The molecule has 0 aliphatic heterocycles. The number of nitrogens with zero attached hydrogens (tertiary/aromatic N) is 2.